The van der Waals surface area contributed by atoms with Crippen LogP contribution >= 0.6 is 11.6 Å². The fourth-order valence-electron chi connectivity index (χ4n) is 1.92. The zero-order valence-electron chi connectivity index (χ0n) is 11.7. The van der Waals surface area contributed by atoms with E-state index in [4.69, 9.17) is 20.8 Å². The molecule has 0 fully saturated rings. The Morgan fingerprint density at radius 2 is 1.77 bits per heavy atom. The summed E-state index contributed by atoms with van der Waals surface area (Å²) in [5.74, 6) is 1.61. The number of hydrogen-bond donors (Lipinski definition) is 0. The van der Waals surface area contributed by atoms with Gasteiger partial charge < -0.3 is 9.15 Å². The number of rotatable bonds is 5. The van der Waals surface area contributed by atoms with E-state index in [0.717, 1.165) is 16.9 Å². The lowest BCUT2D eigenvalue weighted by Gasteiger charge is -2.03. The average molecular weight is 313 g/mol. The van der Waals surface area contributed by atoms with Crippen molar-refractivity contribution in [2.24, 2.45) is 0 Å². The van der Waals surface area contributed by atoms with Gasteiger partial charge in [0.05, 0.1) is 0 Å². The minimum Gasteiger partial charge on any atom is -0.490 e. The number of halogens is 1. The molecule has 22 heavy (non-hydrogen) atoms. The van der Waals surface area contributed by atoms with E-state index < -0.39 is 0 Å². The van der Waals surface area contributed by atoms with Crippen LogP contribution in [-0.4, -0.2) is 16.8 Å². The number of hydrogen-bond acceptors (Lipinski definition) is 4. The molecule has 0 bridgehead atoms. The van der Waals surface area contributed by atoms with Gasteiger partial charge in [0.25, 0.3) is 0 Å². The molecule has 5 heteroatoms. The Hall–Kier alpha value is -2.59. The van der Waals surface area contributed by atoms with Gasteiger partial charge in [-0.2, -0.15) is 0 Å². The van der Waals surface area contributed by atoms with Gasteiger partial charge in [-0.3, -0.25) is 0 Å². The van der Waals surface area contributed by atoms with Crippen molar-refractivity contribution in [2.75, 3.05) is 6.61 Å². The first-order chi connectivity index (χ1) is 10.8. The van der Waals surface area contributed by atoms with Crippen LogP contribution in [-0.2, 0) is 0 Å². The maximum atomic E-state index is 5.87. The van der Waals surface area contributed by atoms with Crippen molar-refractivity contribution in [2.45, 2.75) is 0 Å². The predicted octanol–water partition coefficient (Wildman–Crippen LogP) is 4.62. The predicted molar refractivity (Wildman–Crippen MR) is 85.9 cm³/mol. The van der Waals surface area contributed by atoms with Gasteiger partial charge in [-0.05, 0) is 42.5 Å². The molecular weight excluding hydrogens is 300 g/mol. The molecule has 3 aromatic rings. The molecule has 3 rings (SSSR count). The summed E-state index contributed by atoms with van der Waals surface area (Å²) in [4.78, 5) is 0. The van der Waals surface area contributed by atoms with E-state index >= 15 is 0 Å². The molecule has 4 nitrogen and oxygen atoms in total. The van der Waals surface area contributed by atoms with Gasteiger partial charge in [-0.15, -0.1) is 10.2 Å². The molecule has 0 amide bonds. The van der Waals surface area contributed by atoms with Gasteiger partial charge in [-0.25, -0.2) is 0 Å². The highest BCUT2D eigenvalue weighted by Gasteiger charge is 2.11. The van der Waals surface area contributed by atoms with E-state index in [9.17, 15) is 0 Å². The Morgan fingerprint density at radius 1 is 1.05 bits per heavy atom. The summed E-state index contributed by atoms with van der Waals surface area (Å²) in [5, 5.41) is 8.81. The van der Waals surface area contributed by atoms with Crippen molar-refractivity contribution in [1.29, 1.82) is 0 Å². The van der Waals surface area contributed by atoms with Crippen LogP contribution in [0.2, 0.25) is 5.02 Å². The first kappa shape index (κ1) is 14.4. The van der Waals surface area contributed by atoms with Crippen LogP contribution in [0.5, 0.6) is 5.75 Å². The molecule has 110 valence electrons. The highest BCUT2D eigenvalue weighted by atomic mass is 35.5. The quantitative estimate of drug-likeness (QED) is 0.645. The lowest BCUT2D eigenvalue weighted by Crippen LogP contribution is -1.92. The molecule has 0 aliphatic rings. The Kier molecular flexibility index (Phi) is 4.21. The number of benzene rings is 2. The van der Waals surface area contributed by atoms with Gasteiger partial charge in [0, 0.05) is 16.1 Å². The highest BCUT2D eigenvalue weighted by Crippen LogP contribution is 2.27. The number of ether oxygens (including phenoxy) is 1. The van der Waals surface area contributed by atoms with Gasteiger partial charge in [0.2, 0.25) is 11.8 Å². The van der Waals surface area contributed by atoms with Gasteiger partial charge in [0.15, 0.2) is 0 Å². The first-order valence-electron chi connectivity index (χ1n) is 6.70. The zero-order valence-corrected chi connectivity index (χ0v) is 12.5. The van der Waals surface area contributed by atoms with Crippen molar-refractivity contribution in [3.63, 3.8) is 0 Å². The molecule has 0 unspecified atom stereocenters. The summed E-state index contributed by atoms with van der Waals surface area (Å²) in [6, 6.07) is 14.7. The van der Waals surface area contributed by atoms with Crippen LogP contribution in [0.25, 0.3) is 22.9 Å². The second-order valence-corrected chi connectivity index (χ2v) is 4.98. The van der Waals surface area contributed by atoms with E-state index in [-0.39, 0.29) is 0 Å². The molecule has 1 aromatic heterocycles. The third kappa shape index (κ3) is 3.18. The van der Waals surface area contributed by atoms with Crippen LogP contribution in [0.15, 0.2) is 65.6 Å². The van der Waals surface area contributed by atoms with E-state index in [0.29, 0.717) is 23.4 Å². The van der Waals surface area contributed by atoms with Gasteiger partial charge in [-0.1, -0.05) is 30.3 Å². The summed E-state index contributed by atoms with van der Waals surface area (Å²) >= 11 is 5.87. The molecule has 0 radical (unpaired) electrons. The minimum absolute atomic E-state index is 0.439. The zero-order chi connectivity index (χ0) is 15.4. The Morgan fingerprint density at radius 3 is 2.50 bits per heavy atom. The monoisotopic (exact) mass is 312 g/mol. The van der Waals surface area contributed by atoms with Crippen molar-refractivity contribution in [3.05, 3.63) is 66.2 Å². The van der Waals surface area contributed by atoms with Crippen LogP contribution in [0, 0.1) is 0 Å². The topological polar surface area (TPSA) is 48.2 Å². The van der Waals surface area contributed by atoms with E-state index in [1.165, 1.54) is 0 Å². The summed E-state index contributed by atoms with van der Waals surface area (Å²) < 4.78 is 11.2. The molecule has 0 atom stereocenters. The molecule has 0 aliphatic carbocycles. The average Bonchev–Trinajstić information content (AvgIpc) is 3.04. The smallest absolute Gasteiger partial charge is 0.248 e. The number of aromatic nitrogens is 2. The fourth-order valence-corrected chi connectivity index (χ4v) is 2.05. The lowest BCUT2D eigenvalue weighted by molar-refractivity contribution is 0.363. The molecule has 0 saturated carbocycles. The largest absolute Gasteiger partial charge is 0.490 e. The van der Waals surface area contributed by atoms with E-state index in [1.54, 1.807) is 18.2 Å². The van der Waals surface area contributed by atoms with Crippen LogP contribution in [0.1, 0.15) is 0 Å². The van der Waals surface area contributed by atoms with Crippen molar-refractivity contribution >= 4 is 11.6 Å². The standard InChI is InChI=1S/C17H13ClN2O2/c1-2-10-21-15-5-3-4-13(11-15)17-20-19-16(22-17)12-6-8-14(18)9-7-12/h2-9,11H,1,10H2. The van der Waals surface area contributed by atoms with Crippen molar-refractivity contribution in [1.82, 2.24) is 10.2 Å². The van der Waals surface area contributed by atoms with Crippen LogP contribution in [0.3, 0.4) is 0 Å². The maximum Gasteiger partial charge on any atom is 0.248 e. The molecule has 0 aliphatic heterocycles. The highest BCUT2D eigenvalue weighted by molar-refractivity contribution is 6.30. The van der Waals surface area contributed by atoms with Crippen LogP contribution in [0.4, 0.5) is 0 Å². The fraction of sp³-hybridized carbons (Fsp3) is 0.0588. The molecular formula is C17H13ClN2O2. The Bertz CT molecular complexity index is 781. The summed E-state index contributed by atoms with van der Waals surface area (Å²) in [6.07, 6.45) is 1.69. The normalized spacial score (nSPS) is 10.4. The van der Waals surface area contributed by atoms with Crippen molar-refractivity contribution < 1.29 is 9.15 Å². The van der Waals surface area contributed by atoms with Crippen molar-refractivity contribution in [3.8, 4) is 28.7 Å². The first-order valence-corrected chi connectivity index (χ1v) is 7.07. The third-order valence-corrected chi connectivity index (χ3v) is 3.22. The summed E-state index contributed by atoms with van der Waals surface area (Å²) in [6.45, 7) is 4.07. The lowest BCUT2D eigenvalue weighted by atomic mass is 10.2. The molecule has 2 aromatic carbocycles. The maximum absolute atomic E-state index is 5.87. The second kappa shape index (κ2) is 6.45. The van der Waals surface area contributed by atoms with E-state index in [1.807, 2.05) is 36.4 Å². The Balaban J connectivity index is 1.87. The van der Waals surface area contributed by atoms with Crippen LogP contribution < -0.4 is 4.74 Å². The Labute approximate surface area is 133 Å². The minimum atomic E-state index is 0.439. The van der Waals surface area contributed by atoms with Gasteiger partial charge >= 0.3 is 0 Å². The molecule has 0 saturated heterocycles. The second-order valence-electron chi connectivity index (χ2n) is 4.55. The van der Waals surface area contributed by atoms with E-state index in [2.05, 4.69) is 16.8 Å². The molecule has 0 spiro atoms. The SMILES string of the molecule is C=CCOc1cccc(-c2nnc(-c3ccc(Cl)cc3)o2)c1. The summed E-state index contributed by atoms with van der Waals surface area (Å²) in [7, 11) is 0. The third-order valence-electron chi connectivity index (χ3n) is 2.97. The summed E-state index contributed by atoms with van der Waals surface area (Å²) in [5.41, 5.74) is 1.62. The van der Waals surface area contributed by atoms with Gasteiger partial charge in [0.1, 0.15) is 12.4 Å². The number of nitrogens with zero attached hydrogens (tertiary/aromatic N) is 2. The molecule has 1 heterocycles. The molecule has 0 N–H and O–H groups in total.